The average molecular weight is 297 g/mol. The van der Waals surface area contributed by atoms with Crippen LogP contribution >= 0.6 is 23.1 Å². The number of hydrogen-bond donors (Lipinski definition) is 0. The molecule has 2 heterocycles. The van der Waals surface area contributed by atoms with Crippen LogP contribution in [0.3, 0.4) is 0 Å². The summed E-state index contributed by atoms with van der Waals surface area (Å²) in [6.45, 7) is 2.60. The molecule has 2 aromatic heterocycles. The van der Waals surface area contributed by atoms with Gasteiger partial charge >= 0.3 is 0 Å². The molecule has 0 aromatic carbocycles. The highest BCUT2D eigenvalue weighted by atomic mass is 32.2. The molecule has 0 fully saturated rings. The van der Waals surface area contributed by atoms with Crippen molar-refractivity contribution in [3.63, 3.8) is 0 Å². The summed E-state index contributed by atoms with van der Waals surface area (Å²) in [6.07, 6.45) is 1.82. The molecular weight excluding hydrogens is 284 g/mol. The van der Waals surface area contributed by atoms with E-state index in [0.717, 1.165) is 24.6 Å². The first kappa shape index (κ1) is 14.1. The topological polar surface area (TPSA) is 75.0 Å². The Kier molecular flexibility index (Phi) is 4.60. The number of fused-ring (bicyclic) bond motifs is 1. The van der Waals surface area contributed by atoms with Gasteiger partial charge < -0.3 is 9.90 Å². The van der Waals surface area contributed by atoms with Gasteiger partial charge in [-0.15, -0.1) is 11.3 Å². The van der Waals surface area contributed by atoms with Crippen molar-refractivity contribution in [1.82, 2.24) is 9.55 Å². The Morgan fingerprint density at radius 3 is 3.05 bits per heavy atom. The number of unbranched alkanes of at least 4 members (excludes halogenated alkanes) is 1. The number of nitrogens with zero attached hydrogens (tertiary/aromatic N) is 2. The lowest BCUT2D eigenvalue weighted by atomic mass is 10.3. The Labute approximate surface area is 118 Å². The zero-order valence-corrected chi connectivity index (χ0v) is 12.1. The largest absolute Gasteiger partial charge is 0.549 e. The van der Waals surface area contributed by atoms with Gasteiger partial charge in [0.25, 0.3) is 5.56 Å². The minimum absolute atomic E-state index is 0.0886. The van der Waals surface area contributed by atoms with E-state index in [1.54, 1.807) is 10.6 Å². The first-order valence-corrected chi connectivity index (χ1v) is 7.80. The zero-order valence-electron chi connectivity index (χ0n) is 10.4. The fourth-order valence-electron chi connectivity index (χ4n) is 1.67. The molecule has 0 N–H and O–H groups in total. The maximum Gasteiger partial charge on any atom is 0.272 e. The fraction of sp³-hybridized carbons (Fsp3) is 0.417. The summed E-state index contributed by atoms with van der Waals surface area (Å²) < 4.78 is 2.18. The second kappa shape index (κ2) is 6.21. The molecule has 0 aliphatic carbocycles. The minimum atomic E-state index is -1.16. The lowest BCUT2D eigenvalue weighted by molar-refractivity contribution is -0.301. The van der Waals surface area contributed by atoms with Crippen molar-refractivity contribution in [3.05, 3.63) is 21.8 Å². The SMILES string of the molecule is CCCCn1c(SCC(=O)[O-])nc2ccsc2c1=O. The number of rotatable bonds is 6. The maximum absolute atomic E-state index is 12.3. The van der Waals surface area contributed by atoms with Crippen molar-refractivity contribution in [2.24, 2.45) is 0 Å². The van der Waals surface area contributed by atoms with Gasteiger partial charge in [0.1, 0.15) is 4.70 Å². The predicted octanol–water partition coefficient (Wildman–Crippen LogP) is 1.10. The Hall–Kier alpha value is -1.34. The average Bonchev–Trinajstić information content (AvgIpc) is 2.84. The third-order valence-electron chi connectivity index (χ3n) is 2.59. The number of aliphatic carboxylic acids is 1. The molecular formula is C12H13N2O3S2-. The Morgan fingerprint density at radius 2 is 2.37 bits per heavy atom. The van der Waals surface area contributed by atoms with Crippen molar-refractivity contribution >= 4 is 39.3 Å². The summed E-state index contributed by atoms with van der Waals surface area (Å²) >= 11 is 2.39. The molecule has 0 spiro atoms. The fourth-order valence-corrected chi connectivity index (χ4v) is 3.19. The lowest BCUT2D eigenvalue weighted by Gasteiger charge is -2.11. The van der Waals surface area contributed by atoms with E-state index in [9.17, 15) is 14.7 Å². The molecule has 0 atom stereocenters. The third-order valence-corrected chi connectivity index (χ3v) is 4.43. The second-order valence-electron chi connectivity index (χ2n) is 4.00. The van der Waals surface area contributed by atoms with E-state index >= 15 is 0 Å². The van der Waals surface area contributed by atoms with Crippen LogP contribution in [0.2, 0.25) is 0 Å². The molecule has 2 rings (SSSR count). The molecule has 0 amide bonds. The first-order valence-electron chi connectivity index (χ1n) is 5.94. The molecule has 0 aliphatic heterocycles. The number of carbonyl (C=O) groups is 1. The van der Waals surface area contributed by atoms with Crippen molar-refractivity contribution < 1.29 is 9.90 Å². The molecule has 0 unspecified atom stereocenters. The van der Waals surface area contributed by atoms with Crippen LogP contribution in [0.5, 0.6) is 0 Å². The van der Waals surface area contributed by atoms with E-state index in [1.807, 2.05) is 12.3 Å². The van der Waals surface area contributed by atoms with E-state index < -0.39 is 5.97 Å². The second-order valence-corrected chi connectivity index (χ2v) is 5.86. The van der Waals surface area contributed by atoms with Gasteiger partial charge in [-0.2, -0.15) is 0 Å². The molecule has 5 nitrogen and oxygen atoms in total. The number of aromatic nitrogens is 2. The van der Waals surface area contributed by atoms with Crippen molar-refractivity contribution in [3.8, 4) is 0 Å². The Morgan fingerprint density at radius 1 is 1.58 bits per heavy atom. The van der Waals surface area contributed by atoms with E-state index in [-0.39, 0.29) is 11.3 Å². The van der Waals surface area contributed by atoms with Crippen LogP contribution in [0.4, 0.5) is 0 Å². The molecule has 0 radical (unpaired) electrons. The molecule has 0 saturated heterocycles. The van der Waals surface area contributed by atoms with E-state index in [2.05, 4.69) is 4.98 Å². The number of carboxylic acid groups (broad SMARTS) is 1. The van der Waals surface area contributed by atoms with E-state index in [0.29, 0.717) is 21.9 Å². The van der Waals surface area contributed by atoms with Gasteiger partial charge in [0.05, 0.1) is 11.5 Å². The summed E-state index contributed by atoms with van der Waals surface area (Å²) in [7, 11) is 0. The van der Waals surface area contributed by atoms with Gasteiger partial charge in [0.2, 0.25) is 0 Å². The quantitative estimate of drug-likeness (QED) is 0.589. The van der Waals surface area contributed by atoms with Crippen LogP contribution in [0.25, 0.3) is 10.2 Å². The number of thiophene rings is 1. The number of carboxylic acids is 1. The molecule has 0 bridgehead atoms. The van der Waals surface area contributed by atoms with Crippen LogP contribution in [-0.2, 0) is 11.3 Å². The molecule has 0 aliphatic rings. The van der Waals surface area contributed by atoms with Gasteiger partial charge in [0.15, 0.2) is 5.16 Å². The zero-order chi connectivity index (χ0) is 13.8. The Balaban J connectivity index is 2.45. The summed E-state index contributed by atoms with van der Waals surface area (Å²) in [5.74, 6) is -1.36. The van der Waals surface area contributed by atoms with Gasteiger partial charge in [0, 0.05) is 12.3 Å². The highest BCUT2D eigenvalue weighted by Gasteiger charge is 2.12. The summed E-state index contributed by atoms with van der Waals surface area (Å²) in [5.41, 5.74) is 0.540. The van der Waals surface area contributed by atoms with Crippen molar-refractivity contribution in [1.29, 1.82) is 0 Å². The Bertz CT molecular complexity index is 648. The standard InChI is InChI=1S/C12H14N2O3S2/c1-2-3-5-14-11(17)10-8(4-6-18-10)13-12(14)19-7-9(15)16/h4,6H,2-3,5,7H2,1H3,(H,15,16)/p-1. The van der Waals surface area contributed by atoms with Crippen LogP contribution < -0.4 is 10.7 Å². The van der Waals surface area contributed by atoms with E-state index in [4.69, 9.17) is 0 Å². The monoisotopic (exact) mass is 297 g/mol. The van der Waals surface area contributed by atoms with Gasteiger partial charge in [-0.1, -0.05) is 25.1 Å². The molecule has 2 aromatic rings. The predicted molar refractivity (Wildman–Crippen MR) is 74.5 cm³/mol. The molecule has 0 saturated carbocycles. The van der Waals surface area contributed by atoms with Crippen LogP contribution in [-0.4, -0.2) is 21.3 Å². The minimum Gasteiger partial charge on any atom is -0.549 e. The molecule has 19 heavy (non-hydrogen) atoms. The highest BCUT2D eigenvalue weighted by Crippen LogP contribution is 2.20. The first-order chi connectivity index (χ1) is 9.13. The van der Waals surface area contributed by atoms with Gasteiger partial charge in [-0.05, 0) is 17.9 Å². The molecule has 102 valence electrons. The normalized spacial score (nSPS) is 11.0. The smallest absolute Gasteiger partial charge is 0.272 e. The van der Waals surface area contributed by atoms with Gasteiger partial charge in [-0.25, -0.2) is 4.98 Å². The summed E-state index contributed by atoms with van der Waals surface area (Å²) in [4.78, 5) is 27.2. The third kappa shape index (κ3) is 3.16. The van der Waals surface area contributed by atoms with Crippen molar-refractivity contribution in [2.45, 2.75) is 31.5 Å². The van der Waals surface area contributed by atoms with Crippen LogP contribution in [0.1, 0.15) is 19.8 Å². The van der Waals surface area contributed by atoms with Gasteiger partial charge in [-0.3, -0.25) is 9.36 Å². The number of carbonyl (C=O) groups excluding carboxylic acids is 1. The summed E-state index contributed by atoms with van der Waals surface area (Å²) in [5, 5.41) is 12.8. The number of thioether (sulfide) groups is 1. The van der Waals surface area contributed by atoms with Crippen LogP contribution in [0.15, 0.2) is 21.4 Å². The van der Waals surface area contributed by atoms with Crippen molar-refractivity contribution in [2.75, 3.05) is 5.75 Å². The number of hydrogen-bond acceptors (Lipinski definition) is 6. The van der Waals surface area contributed by atoms with E-state index in [1.165, 1.54) is 11.3 Å². The molecule has 7 heteroatoms. The maximum atomic E-state index is 12.3. The summed E-state index contributed by atoms with van der Waals surface area (Å²) in [6, 6.07) is 1.77. The lowest BCUT2D eigenvalue weighted by Crippen LogP contribution is -2.26. The highest BCUT2D eigenvalue weighted by molar-refractivity contribution is 7.99. The van der Waals surface area contributed by atoms with Crippen LogP contribution in [0, 0.1) is 0 Å².